The van der Waals surface area contributed by atoms with Crippen molar-refractivity contribution in [2.24, 2.45) is 4.99 Å². The Balaban J connectivity index is 0.00000363. The Bertz CT molecular complexity index is 935. The molecule has 0 amide bonds. The van der Waals surface area contributed by atoms with Gasteiger partial charge in [0.2, 0.25) is 0 Å². The number of benzene rings is 1. The standard InChI is InChI=1S/C24H33N7.HI/c1-4-25-24(27-17-20-12-13-23(26-16-20)30(5-2)6-3)28-18-21-10-7-8-11-22(21)19-31-15-9-14-29-31;/h7-16H,4-6,17-19H2,1-3H3,(H2,25,27,28);1H. The number of halogens is 1. The van der Waals surface area contributed by atoms with Gasteiger partial charge < -0.3 is 15.5 Å². The topological polar surface area (TPSA) is 70.4 Å². The van der Waals surface area contributed by atoms with Crippen molar-refractivity contribution in [3.8, 4) is 0 Å². The van der Waals surface area contributed by atoms with Crippen molar-refractivity contribution in [1.82, 2.24) is 25.4 Å². The van der Waals surface area contributed by atoms with Gasteiger partial charge in [-0.1, -0.05) is 30.3 Å². The van der Waals surface area contributed by atoms with E-state index in [9.17, 15) is 0 Å². The number of aliphatic imine (C=N–C) groups is 1. The van der Waals surface area contributed by atoms with E-state index < -0.39 is 0 Å². The molecule has 0 aliphatic heterocycles. The van der Waals surface area contributed by atoms with Crippen LogP contribution in [-0.2, 0) is 19.6 Å². The van der Waals surface area contributed by atoms with Gasteiger partial charge in [0.1, 0.15) is 5.82 Å². The fraction of sp³-hybridized carbons (Fsp3) is 0.375. The Morgan fingerprint density at radius 1 is 1.00 bits per heavy atom. The second-order valence-electron chi connectivity index (χ2n) is 7.22. The Morgan fingerprint density at radius 2 is 1.78 bits per heavy atom. The highest BCUT2D eigenvalue weighted by Gasteiger charge is 2.06. The van der Waals surface area contributed by atoms with E-state index in [2.05, 4.69) is 82.8 Å². The predicted molar refractivity (Wildman–Crippen MR) is 143 cm³/mol. The van der Waals surface area contributed by atoms with Crippen LogP contribution in [0.5, 0.6) is 0 Å². The normalized spacial score (nSPS) is 11.0. The minimum Gasteiger partial charge on any atom is -0.357 e. The van der Waals surface area contributed by atoms with Crippen molar-refractivity contribution in [2.45, 2.75) is 40.4 Å². The highest BCUT2D eigenvalue weighted by Crippen LogP contribution is 2.12. The number of hydrogen-bond donors (Lipinski definition) is 2. The molecule has 0 radical (unpaired) electrons. The minimum atomic E-state index is 0. The van der Waals surface area contributed by atoms with Gasteiger partial charge in [-0.15, -0.1) is 24.0 Å². The van der Waals surface area contributed by atoms with Crippen molar-refractivity contribution in [3.05, 3.63) is 77.7 Å². The lowest BCUT2D eigenvalue weighted by molar-refractivity contribution is 0.677. The van der Waals surface area contributed by atoms with Crippen LogP contribution in [0, 0.1) is 0 Å². The molecule has 32 heavy (non-hydrogen) atoms. The molecule has 0 saturated carbocycles. The van der Waals surface area contributed by atoms with Crippen LogP contribution in [0.1, 0.15) is 37.5 Å². The first-order valence-electron chi connectivity index (χ1n) is 11.0. The summed E-state index contributed by atoms with van der Waals surface area (Å²) in [5, 5.41) is 11.1. The van der Waals surface area contributed by atoms with Crippen molar-refractivity contribution < 1.29 is 0 Å². The molecular formula is C24H34IN7. The summed E-state index contributed by atoms with van der Waals surface area (Å²) in [6, 6.07) is 14.5. The number of aromatic nitrogens is 3. The van der Waals surface area contributed by atoms with E-state index >= 15 is 0 Å². The fourth-order valence-corrected chi connectivity index (χ4v) is 3.39. The van der Waals surface area contributed by atoms with Crippen LogP contribution in [0.2, 0.25) is 0 Å². The number of guanidine groups is 1. The van der Waals surface area contributed by atoms with Crippen molar-refractivity contribution in [1.29, 1.82) is 0 Å². The van der Waals surface area contributed by atoms with Crippen LogP contribution >= 0.6 is 24.0 Å². The zero-order valence-corrected chi connectivity index (χ0v) is 21.5. The Labute approximate surface area is 208 Å². The van der Waals surface area contributed by atoms with Gasteiger partial charge in [-0.2, -0.15) is 5.10 Å². The SMILES string of the molecule is CCNC(=NCc1ccc(N(CC)CC)nc1)NCc1ccccc1Cn1cccn1.I. The van der Waals surface area contributed by atoms with E-state index in [1.54, 1.807) is 6.20 Å². The smallest absolute Gasteiger partial charge is 0.191 e. The summed E-state index contributed by atoms with van der Waals surface area (Å²) in [6.07, 6.45) is 5.70. The number of anilines is 1. The summed E-state index contributed by atoms with van der Waals surface area (Å²) >= 11 is 0. The third-order valence-corrected chi connectivity index (χ3v) is 5.12. The number of hydrogen-bond acceptors (Lipinski definition) is 4. The summed E-state index contributed by atoms with van der Waals surface area (Å²) in [7, 11) is 0. The predicted octanol–water partition coefficient (Wildman–Crippen LogP) is 4.05. The van der Waals surface area contributed by atoms with Crippen LogP contribution in [0.25, 0.3) is 0 Å². The molecule has 0 atom stereocenters. The molecule has 0 spiro atoms. The van der Waals surface area contributed by atoms with Crippen molar-refractivity contribution in [2.75, 3.05) is 24.5 Å². The molecule has 0 fully saturated rings. The number of rotatable bonds is 10. The molecule has 7 nitrogen and oxygen atoms in total. The maximum absolute atomic E-state index is 4.74. The van der Waals surface area contributed by atoms with Crippen LogP contribution in [-0.4, -0.2) is 40.4 Å². The summed E-state index contributed by atoms with van der Waals surface area (Å²) in [6.45, 7) is 11.1. The molecular weight excluding hydrogens is 513 g/mol. The highest BCUT2D eigenvalue weighted by atomic mass is 127. The minimum absolute atomic E-state index is 0. The largest absolute Gasteiger partial charge is 0.357 e. The van der Waals surface area contributed by atoms with Gasteiger partial charge in [0, 0.05) is 44.8 Å². The zero-order chi connectivity index (χ0) is 21.9. The molecule has 3 aromatic rings. The second-order valence-corrected chi connectivity index (χ2v) is 7.22. The van der Waals surface area contributed by atoms with Crippen LogP contribution < -0.4 is 15.5 Å². The molecule has 0 unspecified atom stereocenters. The lowest BCUT2D eigenvalue weighted by atomic mass is 10.1. The molecule has 1 aromatic carbocycles. The Kier molecular flexibility index (Phi) is 11.0. The Hall–Kier alpha value is -2.62. The van der Waals surface area contributed by atoms with Crippen LogP contribution in [0.15, 0.2) is 66.0 Å². The van der Waals surface area contributed by atoms with Gasteiger partial charge in [-0.05, 0) is 49.6 Å². The van der Waals surface area contributed by atoms with Gasteiger partial charge in [0.25, 0.3) is 0 Å². The molecule has 172 valence electrons. The molecule has 0 bridgehead atoms. The average Bonchev–Trinajstić information content (AvgIpc) is 3.31. The molecule has 8 heteroatoms. The Morgan fingerprint density at radius 3 is 2.41 bits per heavy atom. The average molecular weight is 547 g/mol. The van der Waals surface area contributed by atoms with Crippen molar-refractivity contribution >= 4 is 35.8 Å². The maximum Gasteiger partial charge on any atom is 0.191 e. The van der Waals surface area contributed by atoms with Crippen LogP contribution in [0.4, 0.5) is 5.82 Å². The third kappa shape index (κ3) is 7.51. The molecule has 2 N–H and O–H groups in total. The van der Waals surface area contributed by atoms with E-state index in [0.717, 1.165) is 43.5 Å². The van der Waals surface area contributed by atoms with E-state index in [0.29, 0.717) is 13.1 Å². The lowest BCUT2D eigenvalue weighted by Gasteiger charge is -2.19. The molecule has 0 aliphatic carbocycles. The van der Waals surface area contributed by atoms with E-state index in [4.69, 9.17) is 4.99 Å². The summed E-state index contributed by atoms with van der Waals surface area (Å²) < 4.78 is 1.94. The number of nitrogens with zero attached hydrogens (tertiary/aromatic N) is 5. The summed E-state index contributed by atoms with van der Waals surface area (Å²) in [5.74, 6) is 1.81. The van der Waals surface area contributed by atoms with E-state index in [1.807, 2.05) is 23.1 Å². The second kappa shape index (κ2) is 13.7. The van der Waals surface area contributed by atoms with Gasteiger partial charge in [-0.3, -0.25) is 4.68 Å². The first kappa shape index (κ1) is 25.6. The lowest BCUT2D eigenvalue weighted by Crippen LogP contribution is -2.37. The van der Waals surface area contributed by atoms with Gasteiger partial charge in [0.15, 0.2) is 5.96 Å². The molecule has 2 heterocycles. The van der Waals surface area contributed by atoms with Crippen molar-refractivity contribution in [3.63, 3.8) is 0 Å². The first-order valence-corrected chi connectivity index (χ1v) is 11.0. The first-order chi connectivity index (χ1) is 15.2. The highest BCUT2D eigenvalue weighted by molar-refractivity contribution is 14.0. The maximum atomic E-state index is 4.74. The molecule has 0 aliphatic rings. The van der Waals surface area contributed by atoms with Crippen LogP contribution in [0.3, 0.4) is 0 Å². The van der Waals surface area contributed by atoms with Gasteiger partial charge in [0.05, 0.1) is 13.1 Å². The monoisotopic (exact) mass is 547 g/mol. The van der Waals surface area contributed by atoms with Gasteiger partial charge in [-0.25, -0.2) is 9.98 Å². The van der Waals surface area contributed by atoms with E-state index in [-0.39, 0.29) is 24.0 Å². The van der Waals surface area contributed by atoms with Gasteiger partial charge >= 0.3 is 0 Å². The molecule has 0 saturated heterocycles. The zero-order valence-electron chi connectivity index (χ0n) is 19.2. The van der Waals surface area contributed by atoms with E-state index in [1.165, 1.54) is 11.1 Å². The fourth-order valence-electron chi connectivity index (χ4n) is 3.39. The molecule has 2 aromatic heterocycles. The quantitative estimate of drug-likeness (QED) is 0.228. The number of nitrogens with one attached hydrogen (secondary N) is 2. The third-order valence-electron chi connectivity index (χ3n) is 5.12. The summed E-state index contributed by atoms with van der Waals surface area (Å²) in [4.78, 5) is 11.6. The molecule has 3 rings (SSSR count). The number of pyridine rings is 1. The summed E-state index contributed by atoms with van der Waals surface area (Å²) in [5.41, 5.74) is 3.56.